The maximum Gasteiger partial charge on any atom is 0.254 e. The number of benzene rings is 1. The molecule has 1 fully saturated rings. The maximum atomic E-state index is 12.8. The van der Waals surface area contributed by atoms with Gasteiger partial charge in [-0.15, -0.1) is 0 Å². The molecule has 25 heavy (non-hydrogen) atoms. The van der Waals surface area contributed by atoms with Crippen molar-refractivity contribution in [2.45, 2.75) is 25.4 Å². The second-order valence-corrected chi connectivity index (χ2v) is 5.97. The minimum atomic E-state index is -0.365. The molecule has 1 saturated heterocycles. The van der Waals surface area contributed by atoms with Crippen LogP contribution in [0.5, 0.6) is 5.75 Å². The van der Waals surface area contributed by atoms with Crippen molar-refractivity contribution in [1.29, 1.82) is 5.41 Å². The van der Waals surface area contributed by atoms with Gasteiger partial charge in [0, 0.05) is 25.6 Å². The topological polar surface area (TPSA) is 97.4 Å². The van der Waals surface area contributed by atoms with Crippen LogP contribution in [0.25, 0.3) is 0 Å². The van der Waals surface area contributed by atoms with Crippen LogP contribution >= 0.6 is 0 Å². The summed E-state index contributed by atoms with van der Waals surface area (Å²) in [5.41, 5.74) is 5.40. The Morgan fingerprint density at radius 1 is 1.40 bits per heavy atom. The normalized spacial score (nSPS) is 20.8. The van der Waals surface area contributed by atoms with Crippen LogP contribution in [0.15, 0.2) is 36.0 Å². The molecule has 1 unspecified atom stereocenters. The molecule has 7 heteroatoms. The van der Waals surface area contributed by atoms with Crippen LogP contribution in [0.4, 0.5) is 4.39 Å². The van der Waals surface area contributed by atoms with E-state index in [1.807, 2.05) is 0 Å². The van der Waals surface area contributed by atoms with Gasteiger partial charge in [-0.25, -0.2) is 4.39 Å². The van der Waals surface area contributed by atoms with Gasteiger partial charge in [-0.1, -0.05) is 0 Å². The molecule has 136 valence electrons. The van der Waals surface area contributed by atoms with Gasteiger partial charge in [0.1, 0.15) is 11.6 Å². The van der Waals surface area contributed by atoms with E-state index in [-0.39, 0.29) is 23.4 Å². The van der Waals surface area contributed by atoms with Crippen LogP contribution in [0.2, 0.25) is 0 Å². The molecule has 0 radical (unpaired) electrons. The SMILES string of the molecule is N=C/C(=C\N)C(=O)NCC1CC[C@H](CCOc2ccc(F)cc2)CO1. The average molecular weight is 349 g/mol. The molecule has 6 nitrogen and oxygen atoms in total. The second kappa shape index (κ2) is 9.78. The number of nitrogens with two attached hydrogens (primary N) is 1. The van der Waals surface area contributed by atoms with Crippen molar-refractivity contribution in [2.75, 3.05) is 19.8 Å². The smallest absolute Gasteiger partial charge is 0.254 e. The summed E-state index contributed by atoms with van der Waals surface area (Å²) in [4.78, 5) is 11.7. The Hall–Kier alpha value is -2.41. The molecule has 0 saturated carbocycles. The standard InChI is InChI=1S/C18H24FN3O3/c19-15-2-5-16(6-3-15)24-8-7-13-1-4-17(25-12-13)11-22-18(23)14(9-20)10-21/h2-3,5-6,9-10,13,17,20H,1,4,7-8,11-12,21H2,(H,22,23)/b14-10+,20-9?/t13-,17?/m1/s1. The van der Waals surface area contributed by atoms with Crippen molar-refractivity contribution in [3.63, 3.8) is 0 Å². The van der Waals surface area contributed by atoms with E-state index in [9.17, 15) is 9.18 Å². The van der Waals surface area contributed by atoms with E-state index in [1.54, 1.807) is 12.1 Å². The van der Waals surface area contributed by atoms with Crippen LogP contribution in [-0.2, 0) is 9.53 Å². The summed E-state index contributed by atoms with van der Waals surface area (Å²) >= 11 is 0. The predicted octanol–water partition coefficient (Wildman–Crippen LogP) is 2.00. The van der Waals surface area contributed by atoms with Gasteiger partial charge in [-0.2, -0.15) is 0 Å². The summed E-state index contributed by atoms with van der Waals surface area (Å²) in [6.07, 6.45) is 4.73. The number of hydrogen-bond acceptors (Lipinski definition) is 5. The van der Waals surface area contributed by atoms with E-state index < -0.39 is 0 Å². The van der Waals surface area contributed by atoms with Crippen LogP contribution in [0.3, 0.4) is 0 Å². The molecule has 2 atom stereocenters. The van der Waals surface area contributed by atoms with Crippen LogP contribution in [0.1, 0.15) is 19.3 Å². The Bertz CT molecular complexity index is 596. The van der Waals surface area contributed by atoms with Crippen molar-refractivity contribution < 1.29 is 18.7 Å². The highest BCUT2D eigenvalue weighted by molar-refractivity contribution is 6.11. The molecule has 1 aromatic carbocycles. The fourth-order valence-electron chi connectivity index (χ4n) is 2.62. The highest BCUT2D eigenvalue weighted by atomic mass is 19.1. The van der Waals surface area contributed by atoms with E-state index in [0.29, 0.717) is 31.4 Å². The van der Waals surface area contributed by atoms with Gasteiger partial charge in [0.05, 0.1) is 18.3 Å². The lowest BCUT2D eigenvalue weighted by atomic mass is 9.95. The third-order valence-electron chi connectivity index (χ3n) is 4.16. The molecule has 4 N–H and O–H groups in total. The van der Waals surface area contributed by atoms with Crippen LogP contribution in [-0.4, -0.2) is 38.0 Å². The highest BCUT2D eigenvalue weighted by Gasteiger charge is 2.22. The van der Waals surface area contributed by atoms with Crippen LogP contribution < -0.4 is 15.8 Å². The molecular weight excluding hydrogens is 325 g/mol. The molecule has 0 aliphatic carbocycles. The first kappa shape index (κ1) is 18.9. The number of carbonyl (C=O) groups excluding carboxylic acids is 1. The van der Waals surface area contributed by atoms with Gasteiger partial charge in [0.15, 0.2) is 0 Å². The van der Waals surface area contributed by atoms with Gasteiger partial charge in [-0.05, 0) is 49.4 Å². The van der Waals surface area contributed by atoms with E-state index in [1.165, 1.54) is 12.1 Å². The van der Waals surface area contributed by atoms with Gasteiger partial charge in [-0.3, -0.25) is 4.79 Å². The Labute approximate surface area is 146 Å². The molecule has 0 spiro atoms. The fourth-order valence-corrected chi connectivity index (χ4v) is 2.62. The molecule has 1 heterocycles. The van der Waals surface area contributed by atoms with Crippen molar-refractivity contribution >= 4 is 12.1 Å². The Morgan fingerprint density at radius 3 is 2.76 bits per heavy atom. The van der Waals surface area contributed by atoms with Gasteiger partial charge >= 0.3 is 0 Å². The second-order valence-electron chi connectivity index (χ2n) is 5.97. The lowest BCUT2D eigenvalue weighted by Crippen LogP contribution is -2.38. The molecule has 1 aliphatic rings. The van der Waals surface area contributed by atoms with E-state index in [4.69, 9.17) is 20.6 Å². The monoisotopic (exact) mass is 349 g/mol. The Kier molecular flexibility index (Phi) is 7.40. The number of halogens is 1. The third-order valence-corrected chi connectivity index (χ3v) is 4.16. The van der Waals surface area contributed by atoms with E-state index in [2.05, 4.69) is 5.32 Å². The van der Waals surface area contributed by atoms with E-state index >= 15 is 0 Å². The highest BCUT2D eigenvalue weighted by Crippen LogP contribution is 2.22. The number of amides is 1. The summed E-state index contributed by atoms with van der Waals surface area (Å²) in [5.74, 6) is 0.430. The van der Waals surface area contributed by atoms with Crippen molar-refractivity contribution in [1.82, 2.24) is 5.32 Å². The minimum Gasteiger partial charge on any atom is -0.494 e. The number of rotatable bonds is 8. The first-order chi connectivity index (χ1) is 12.1. The minimum absolute atomic E-state index is 0.0250. The first-order valence-electron chi connectivity index (χ1n) is 8.33. The van der Waals surface area contributed by atoms with Gasteiger partial charge in [0.2, 0.25) is 0 Å². The Morgan fingerprint density at radius 2 is 2.16 bits per heavy atom. The number of carbonyl (C=O) groups is 1. The molecular formula is C18H24FN3O3. The summed E-state index contributed by atoms with van der Waals surface area (Å²) in [5, 5.41) is 9.80. The molecule has 1 aliphatic heterocycles. The quantitative estimate of drug-likeness (QED) is 0.494. The molecule has 1 aromatic rings. The fraction of sp³-hybridized carbons (Fsp3) is 0.444. The summed E-state index contributed by atoms with van der Waals surface area (Å²) in [7, 11) is 0. The number of hydrogen-bond donors (Lipinski definition) is 3. The van der Waals surface area contributed by atoms with Crippen molar-refractivity contribution in [2.24, 2.45) is 11.7 Å². The molecule has 0 aromatic heterocycles. The summed E-state index contributed by atoms with van der Waals surface area (Å²) < 4.78 is 24.2. The lowest BCUT2D eigenvalue weighted by Gasteiger charge is -2.29. The maximum absolute atomic E-state index is 12.8. The summed E-state index contributed by atoms with van der Waals surface area (Å²) in [6, 6.07) is 5.98. The Balaban J connectivity index is 1.62. The summed E-state index contributed by atoms with van der Waals surface area (Å²) in [6.45, 7) is 1.59. The first-order valence-corrected chi connectivity index (χ1v) is 8.33. The third kappa shape index (κ3) is 6.19. The van der Waals surface area contributed by atoms with Crippen LogP contribution in [0, 0.1) is 17.1 Å². The van der Waals surface area contributed by atoms with Crippen molar-refractivity contribution in [3.05, 3.63) is 41.9 Å². The zero-order valence-electron chi connectivity index (χ0n) is 14.0. The average Bonchev–Trinajstić information content (AvgIpc) is 2.64. The lowest BCUT2D eigenvalue weighted by molar-refractivity contribution is -0.118. The molecule has 1 amide bonds. The molecule has 2 rings (SSSR count). The van der Waals surface area contributed by atoms with E-state index in [0.717, 1.165) is 31.7 Å². The largest absolute Gasteiger partial charge is 0.494 e. The predicted molar refractivity (Wildman–Crippen MR) is 93.0 cm³/mol. The van der Waals surface area contributed by atoms with Gasteiger partial charge < -0.3 is 25.9 Å². The number of ether oxygens (including phenoxy) is 2. The zero-order chi connectivity index (χ0) is 18.1. The van der Waals surface area contributed by atoms with Crippen molar-refractivity contribution in [3.8, 4) is 5.75 Å². The molecule has 0 bridgehead atoms. The zero-order valence-corrected chi connectivity index (χ0v) is 14.0. The van der Waals surface area contributed by atoms with Gasteiger partial charge in [0.25, 0.3) is 5.91 Å². The number of nitrogens with one attached hydrogen (secondary N) is 2.